The molecule has 0 bridgehead atoms. The minimum atomic E-state index is -0.387. The molecule has 2 rings (SSSR count). The molecule has 1 aromatic carbocycles. The minimum Gasteiger partial charge on any atom is -0.375 e. The van der Waals surface area contributed by atoms with Crippen LogP contribution in [0.5, 0.6) is 0 Å². The number of carbonyl (C=O) groups excluding carboxylic acids is 1. The first-order valence-corrected chi connectivity index (χ1v) is 6.78. The van der Waals surface area contributed by atoms with Crippen molar-refractivity contribution in [2.45, 2.75) is 25.2 Å². The molecule has 1 amide bonds. The van der Waals surface area contributed by atoms with Crippen molar-refractivity contribution in [3.05, 3.63) is 48.2 Å². The van der Waals surface area contributed by atoms with Gasteiger partial charge in [0, 0.05) is 25.8 Å². The molecular formula is C16H22N2O. The number of allylic oxidation sites excluding steroid dienone is 1. The Kier molecular flexibility index (Phi) is 3.93. The van der Waals surface area contributed by atoms with E-state index in [1.165, 1.54) is 0 Å². The summed E-state index contributed by atoms with van der Waals surface area (Å²) in [6.45, 7) is 7.79. The molecule has 1 fully saturated rings. The van der Waals surface area contributed by atoms with Gasteiger partial charge in [-0.05, 0) is 25.3 Å². The first kappa shape index (κ1) is 13.7. The highest BCUT2D eigenvalue weighted by atomic mass is 16.2. The molecule has 1 aliphatic heterocycles. The Morgan fingerprint density at radius 2 is 1.84 bits per heavy atom. The molecule has 1 N–H and O–H groups in total. The third-order valence-electron chi connectivity index (χ3n) is 4.14. The van der Waals surface area contributed by atoms with Crippen LogP contribution in [0.2, 0.25) is 0 Å². The molecule has 3 heteroatoms. The van der Waals surface area contributed by atoms with Crippen LogP contribution in [0.3, 0.4) is 0 Å². The monoisotopic (exact) mass is 258 g/mol. The summed E-state index contributed by atoms with van der Waals surface area (Å²) in [4.78, 5) is 14.7. The van der Waals surface area contributed by atoms with E-state index in [9.17, 15) is 4.79 Å². The largest absolute Gasteiger partial charge is 0.375 e. The van der Waals surface area contributed by atoms with E-state index in [0.717, 1.165) is 37.2 Å². The highest BCUT2D eigenvalue weighted by Crippen LogP contribution is 2.36. The summed E-state index contributed by atoms with van der Waals surface area (Å²) in [5.74, 6) is 0.125. The summed E-state index contributed by atoms with van der Waals surface area (Å²) in [6, 6.07) is 10.1. The third-order valence-corrected chi connectivity index (χ3v) is 4.14. The topological polar surface area (TPSA) is 32.3 Å². The number of amides is 1. The predicted octanol–water partition coefficient (Wildman–Crippen LogP) is 2.30. The molecule has 0 saturated carbocycles. The maximum Gasteiger partial charge on any atom is 0.230 e. The van der Waals surface area contributed by atoms with Gasteiger partial charge in [-0.25, -0.2) is 0 Å². The fourth-order valence-corrected chi connectivity index (χ4v) is 2.91. The summed E-state index contributed by atoms with van der Waals surface area (Å²) < 4.78 is 0. The van der Waals surface area contributed by atoms with Crippen molar-refractivity contribution >= 4 is 5.91 Å². The number of benzene rings is 1. The Morgan fingerprint density at radius 1 is 1.26 bits per heavy atom. The maximum atomic E-state index is 12.4. The zero-order valence-corrected chi connectivity index (χ0v) is 11.8. The number of likely N-dealkylation sites (tertiary alicyclic amines) is 1. The Balaban J connectivity index is 2.29. The Bertz CT molecular complexity index is 459. The quantitative estimate of drug-likeness (QED) is 0.902. The maximum absolute atomic E-state index is 12.4. The van der Waals surface area contributed by atoms with Gasteiger partial charge in [-0.1, -0.05) is 36.9 Å². The van der Waals surface area contributed by atoms with Gasteiger partial charge in [-0.2, -0.15) is 0 Å². The van der Waals surface area contributed by atoms with Gasteiger partial charge in [0.2, 0.25) is 5.91 Å². The molecule has 3 nitrogen and oxygen atoms in total. The minimum absolute atomic E-state index is 0.125. The Hall–Kier alpha value is -1.77. The van der Waals surface area contributed by atoms with Gasteiger partial charge in [0.1, 0.15) is 0 Å². The van der Waals surface area contributed by atoms with Crippen molar-refractivity contribution in [3.63, 3.8) is 0 Å². The molecule has 19 heavy (non-hydrogen) atoms. The van der Waals surface area contributed by atoms with Crippen LogP contribution in [-0.2, 0) is 10.2 Å². The second kappa shape index (κ2) is 5.47. The fraction of sp³-hybridized carbons (Fsp3) is 0.438. The van der Waals surface area contributed by atoms with Crippen LogP contribution in [-0.4, -0.2) is 30.9 Å². The molecule has 0 unspecified atom stereocenters. The standard InChI is InChI=1S/C16H22N2O/c1-13(2)18-11-9-16(10-12-18,15(19)17-3)14-7-5-4-6-8-14/h4-8H,1,9-12H2,2-3H3,(H,17,19). The van der Waals surface area contributed by atoms with Gasteiger partial charge in [0.25, 0.3) is 0 Å². The zero-order valence-electron chi connectivity index (χ0n) is 11.8. The van der Waals surface area contributed by atoms with Crippen LogP contribution >= 0.6 is 0 Å². The summed E-state index contributed by atoms with van der Waals surface area (Å²) in [5, 5.41) is 2.84. The third kappa shape index (κ3) is 2.50. The van der Waals surface area contributed by atoms with Gasteiger partial charge >= 0.3 is 0 Å². The number of hydrogen-bond donors (Lipinski definition) is 1. The van der Waals surface area contributed by atoms with E-state index in [4.69, 9.17) is 0 Å². The predicted molar refractivity (Wildman–Crippen MR) is 77.8 cm³/mol. The van der Waals surface area contributed by atoms with E-state index in [-0.39, 0.29) is 11.3 Å². The lowest BCUT2D eigenvalue weighted by molar-refractivity contribution is -0.128. The molecule has 0 radical (unpaired) electrons. The zero-order chi connectivity index (χ0) is 13.9. The van der Waals surface area contributed by atoms with E-state index >= 15 is 0 Å². The molecule has 0 atom stereocenters. The van der Waals surface area contributed by atoms with Crippen molar-refractivity contribution in [2.24, 2.45) is 0 Å². The molecule has 1 aliphatic rings. The average Bonchev–Trinajstić information content (AvgIpc) is 2.47. The van der Waals surface area contributed by atoms with Crippen molar-refractivity contribution in [3.8, 4) is 0 Å². The van der Waals surface area contributed by atoms with Gasteiger partial charge in [0.15, 0.2) is 0 Å². The van der Waals surface area contributed by atoms with Crippen molar-refractivity contribution in [1.29, 1.82) is 0 Å². The van der Waals surface area contributed by atoms with Crippen molar-refractivity contribution in [1.82, 2.24) is 10.2 Å². The fourth-order valence-electron chi connectivity index (χ4n) is 2.91. The molecule has 0 aromatic heterocycles. The van der Waals surface area contributed by atoms with E-state index in [1.807, 2.05) is 25.1 Å². The number of hydrogen-bond acceptors (Lipinski definition) is 2. The molecular weight excluding hydrogens is 236 g/mol. The first-order chi connectivity index (χ1) is 9.10. The van der Waals surface area contributed by atoms with Crippen LogP contribution in [0.15, 0.2) is 42.6 Å². The number of nitrogens with zero attached hydrogens (tertiary/aromatic N) is 1. The molecule has 1 heterocycles. The number of likely N-dealkylation sites (N-methyl/N-ethyl adjacent to an activating group) is 1. The van der Waals surface area contributed by atoms with Crippen LogP contribution in [0, 0.1) is 0 Å². The van der Waals surface area contributed by atoms with Crippen molar-refractivity contribution in [2.75, 3.05) is 20.1 Å². The molecule has 1 aromatic rings. The number of nitrogens with one attached hydrogen (secondary N) is 1. The van der Waals surface area contributed by atoms with Crippen LogP contribution in [0.4, 0.5) is 0 Å². The lowest BCUT2D eigenvalue weighted by Gasteiger charge is -2.41. The van der Waals surface area contributed by atoms with Crippen molar-refractivity contribution < 1.29 is 4.79 Å². The van der Waals surface area contributed by atoms with Gasteiger partial charge in [-0.3, -0.25) is 4.79 Å². The molecule has 1 saturated heterocycles. The Morgan fingerprint density at radius 3 is 2.32 bits per heavy atom. The van der Waals surface area contributed by atoms with Gasteiger partial charge in [0.05, 0.1) is 5.41 Å². The second-order valence-electron chi connectivity index (χ2n) is 5.25. The SMILES string of the molecule is C=C(C)N1CCC(C(=O)NC)(c2ccccc2)CC1. The van der Waals surface area contributed by atoms with Gasteiger partial charge < -0.3 is 10.2 Å². The summed E-state index contributed by atoms with van der Waals surface area (Å²) >= 11 is 0. The average molecular weight is 258 g/mol. The number of piperidine rings is 1. The first-order valence-electron chi connectivity index (χ1n) is 6.78. The number of rotatable bonds is 3. The highest BCUT2D eigenvalue weighted by molar-refractivity contribution is 5.88. The normalized spacial score (nSPS) is 17.9. The lowest BCUT2D eigenvalue weighted by atomic mass is 9.72. The Labute approximate surface area is 115 Å². The second-order valence-corrected chi connectivity index (χ2v) is 5.25. The highest BCUT2D eigenvalue weighted by Gasteiger charge is 2.42. The smallest absolute Gasteiger partial charge is 0.230 e. The lowest BCUT2D eigenvalue weighted by Crippen LogP contribution is -2.50. The summed E-state index contributed by atoms with van der Waals surface area (Å²) in [7, 11) is 1.72. The molecule has 0 spiro atoms. The van der Waals surface area contributed by atoms with E-state index < -0.39 is 0 Å². The van der Waals surface area contributed by atoms with Crippen LogP contribution < -0.4 is 5.32 Å². The molecule has 102 valence electrons. The van der Waals surface area contributed by atoms with Crippen LogP contribution in [0.1, 0.15) is 25.3 Å². The summed E-state index contributed by atoms with van der Waals surface area (Å²) in [5.41, 5.74) is 1.82. The van der Waals surface area contributed by atoms with Gasteiger partial charge in [-0.15, -0.1) is 0 Å². The van der Waals surface area contributed by atoms with Crippen LogP contribution in [0.25, 0.3) is 0 Å². The van der Waals surface area contributed by atoms with E-state index in [0.29, 0.717) is 0 Å². The van der Waals surface area contributed by atoms with E-state index in [1.54, 1.807) is 7.05 Å². The van der Waals surface area contributed by atoms with E-state index in [2.05, 4.69) is 28.9 Å². The summed E-state index contributed by atoms with van der Waals surface area (Å²) in [6.07, 6.45) is 1.67. The number of carbonyl (C=O) groups is 1. The molecule has 0 aliphatic carbocycles.